The Morgan fingerprint density at radius 2 is 1.91 bits per heavy atom. The van der Waals surface area contributed by atoms with Crippen LogP contribution in [0.4, 0.5) is 11.4 Å². The zero-order valence-corrected chi connectivity index (χ0v) is 11.3. The van der Waals surface area contributed by atoms with Crippen LogP contribution in [0.5, 0.6) is 5.88 Å². The highest BCUT2D eigenvalue weighted by molar-refractivity contribution is 5.96. The summed E-state index contributed by atoms with van der Waals surface area (Å²) in [6.07, 6.45) is 0. The molecule has 0 unspecified atom stereocenters. The number of nitro groups is 1. The molecule has 1 heterocycles. The number of benzene rings is 2. The van der Waals surface area contributed by atoms with Gasteiger partial charge in [-0.3, -0.25) is 10.1 Å². The maximum absolute atomic E-state index is 11.0. The van der Waals surface area contributed by atoms with E-state index in [2.05, 4.69) is 5.18 Å². The molecule has 7 nitrogen and oxygen atoms in total. The molecule has 0 saturated heterocycles. The fourth-order valence-electron chi connectivity index (χ4n) is 2.44. The minimum absolute atomic E-state index is 0.158. The van der Waals surface area contributed by atoms with Crippen LogP contribution < -0.4 is 0 Å². The average Bonchev–Trinajstić information content (AvgIpc) is 2.79. The number of rotatable bonds is 4. The first-order chi connectivity index (χ1) is 10.6. The van der Waals surface area contributed by atoms with Gasteiger partial charge in [0.2, 0.25) is 5.88 Å². The number of nitrogens with zero attached hydrogens (tertiary/aromatic N) is 3. The van der Waals surface area contributed by atoms with Crippen molar-refractivity contribution in [3.8, 4) is 5.88 Å². The lowest BCUT2D eigenvalue weighted by atomic mass is 10.2. The van der Waals surface area contributed by atoms with Crippen molar-refractivity contribution in [1.29, 1.82) is 0 Å². The van der Waals surface area contributed by atoms with E-state index in [0.717, 1.165) is 5.56 Å². The highest BCUT2D eigenvalue weighted by Gasteiger charge is 2.20. The number of hydrogen-bond donors (Lipinski definition) is 1. The Labute approximate surface area is 124 Å². The summed E-state index contributed by atoms with van der Waals surface area (Å²) in [5, 5.41) is 24.1. The minimum atomic E-state index is -0.556. The molecule has 0 aliphatic heterocycles. The second kappa shape index (κ2) is 5.28. The van der Waals surface area contributed by atoms with Crippen LogP contribution in [-0.2, 0) is 6.54 Å². The summed E-state index contributed by atoms with van der Waals surface area (Å²) in [6.45, 7) is 0.330. The molecule has 7 heteroatoms. The minimum Gasteiger partial charge on any atom is -0.493 e. The Morgan fingerprint density at radius 1 is 1.18 bits per heavy atom. The summed E-state index contributed by atoms with van der Waals surface area (Å²) < 4.78 is 1.51. The van der Waals surface area contributed by atoms with Gasteiger partial charge >= 0.3 is 0 Å². The summed E-state index contributed by atoms with van der Waals surface area (Å²) in [4.78, 5) is 21.3. The van der Waals surface area contributed by atoms with Crippen LogP contribution in [-0.4, -0.2) is 14.6 Å². The number of nitroso groups, excluding NO2 is 1. The zero-order valence-electron chi connectivity index (χ0n) is 11.3. The number of nitro benzene ring substituents is 1. The number of aromatic nitrogens is 1. The van der Waals surface area contributed by atoms with Gasteiger partial charge in [0.25, 0.3) is 5.69 Å². The molecule has 1 aromatic heterocycles. The van der Waals surface area contributed by atoms with Crippen LogP contribution in [0.3, 0.4) is 0 Å². The van der Waals surface area contributed by atoms with Gasteiger partial charge in [0.15, 0.2) is 5.69 Å². The molecular formula is C15H11N3O4. The average molecular weight is 297 g/mol. The molecule has 0 bridgehead atoms. The van der Waals surface area contributed by atoms with E-state index in [0.29, 0.717) is 12.1 Å². The summed E-state index contributed by atoms with van der Waals surface area (Å²) >= 11 is 0. The fourth-order valence-corrected chi connectivity index (χ4v) is 2.44. The van der Waals surface area contributed by atoms with Gasteiger partial charge in [0.05, 0.1) is 17.0 Å². The maximum atomic E-state index is 11.0. The molecule has 0 radical (unpaired) electrons. The lowest BCUT2D eigenvalue weighted by molar-refractivity contribution is -0.384. The standard InChI is InChI=1S/C15H11N3O4/c19-15-14(16-20)12-8-11(18(21)22)6-7-13(12)17(15)9-10-4-2-1-3-5-10/h1-8,19H,9H2. The quantitative estimate of drug-likeness (QED) is 0.451. The van der Waals surface area contributed by atoms with Crippen LogP contribution >= 0.6 is 0 Å². The largest absolute Gasteiger partial charge is 0.493 e. The zero-order chi connectivity index (χ0) is 15.7. The van der Waals surface area contributed by atoms with E-state index in [4.69, 9.17) is 0 Å². The van der Waals surface area contributed by atoms with Crippen molar-refractivity contribution >= 4 is 22.3 Å². The number of hydrogen-bond acceptors (Lipinski definition) is 5. The van der Waals surface area contributed by atoms with E-state index in [1.807, 2.05) is 30.3 Å². The van der Waals surface area contributed by atoms with E-state index >= 15 is 0 Å². The molecule has 3 rings (SSSR count). The Morgan fingerprint density at radius 3 is 2.55 bits per heavy atom. The van der Waals surface area contributed by atoms with Crippen molar-refractivity contribution in [2.45, 2.75) is 6.54 Å². The van der Waals surface area contributed by atoms with E-state index < -0.39 is 4.92 Å². The number of fused-ring (bicyclic) bond motifs is 1. The van der Waals surface area contributed by atoms with Gasteiger partial charge < -0.3 is 9.67 Å². The molecule has 0 aliphatic carbocycles. The van der Waals surface area contributed by atoms with Crippen molar-refractivity contribution in [1.82, 2.24) is 4.57 Å². The lowest BCUT2D eigenvalue weighted by Crippen LogP contribution is -1.98. The van der Waals surface area contributed by atoms with Crippen LogP contribution in [0.2, 0.25) is 0 Å². The van der Waals surface area contributed by atoms with E-state index in [-0.39, 0.29) is 22.6 Å². The smallest absolute Gasteiger partial charge is 0.270 e. The molecule has 0 fully saturated rings. The van der Waals surface area contributed by atoms with E-state index in [9.17, 15) is 20.1 Å². The topological polar surface area (TPSA) is 97.7 Å². The van der Waals surface area contributed by atoms with E-state index in [1.165, 1.54) is 22.8 Å². The van der Waals surface area contributed by atoms with Crippen LogP contribution in [0.25, 0.3) is 10.9 Å². The summed E-state index contributed by atoms with van der Waals surface area (Å²) in [5.41, 5.74) is 1.09. The Kier molecular flexibility index (Phi) is 3.30. The maximum Gasteiger partial charge on any atom is 0.270 e. The summed E-state index contributed by atoms with van der Waals surface area (Å²) in [5.74, 6) is -0.297. The van der Waals surface area contributed by atoms with Crippen LogP contribution in [0.1, 0.15) is 5.56 Å². The van der Waals surface area contributed by atoms with Gasteiger partial charge in [0.1, 0.15) is 0 Å². The predicted molar refractivity (Wildman–Crippen MR) is 81.3 cm³/mol. The molecule has 2 aromatic carbocycles. The highest BCUT2D eigenvalue weighted by atomic mass is 16.6. The van der Waals surface area contributed by atoms with Crippen molar-refractivity contribution in [3.63, 3.8) is 0 Å². The van der Waals surface area contributed by atoms with E-state index in [1.54, 1.807) is 0 Å². The van der Waals surface area contributed by atoms with Crippen LogP contribution in [0, 0.1) is 15.0 Å². The Bertz CT molecular complexity index is 871. The molecular weight excluding hydrogens is 286 g/mol. The molecule has 0 amide bonds. The normalized spacial score (nSPS) is 10.7. The Balaban J connectivity index is 2.20. The first-order valence-electron chi connectivity index (χ1n) is 6.48. The van der Waals surface area contributed by atoms with Crippen LogP contribution in [0.15, 0.2) is 53.7 Å². The third-order valence-corrected chi connectivity index (χ3v) is 3.48. The molecule has 1 N–H and O–H groups in total. The van der Waals surface area contributed by atoms with Gasteiger partial charge in [-0.05, 0) is 16.8 Å². The number of aromatic hydroxyl groups is 1. The molecule has 0 aliphatic rings. The molecule has 3 aromatic rings. The van der Waals surface area contributed by atoms with Gasteiger partial charge in [-0.2, -0.15) is 0 Å². The van der Waals surface area contributed by atoms with Crippen molar-refractivity contribution in [2.24, 2.45) is 5.18 Å². The van der Waals surface area contributed by atoms with Crippen molar-refractivity contribution in [2.75, 3.05) is 0 Å². The van der Waals surface area contributed by atoms with Gasteiger partial charge in [-0.25, -0.2) is 0 Å². The van der Waals surface area contributed by atoms with Gasteiger partial charge in [-0.15, -0.1) is 4.91 Å². The second-order valence-electron chi connectivity index (χ2n) is 4.79. The lowest BCUT2D eigenvalue weighted by Gasteiger charge is -2.06. The molecule has 0 spiro atoms. The van der Waals surface area contributed by atoms with Crippen molar-refractivity contribution < 1.29 is 10.0 Å². The molecule has 0 saturated carbocycles. The SMILES string of the molecule is O=Nc1c(O)n(Cc2ccccc2)c2ccc([N+](=O)[O-])cc12. The first-order valence-corrected chi connectivity index (χ1v) is 6.48. The number of non-ortho nitro benzene ring substituents is 1. The summed E-state index contributed by atoms with van der Waals surface area (Å²) in [6, 6.07) is 13.4. The first kappa shape index (κ1) is 13.7. The molecule has 110 valence electrons. The predicted octanol–water partition coefficient (Wildman–Crippen LogP) is 3.70. The molecule has 0 atom stereocenters. The monoisotopic (exact) mass is 297 g/mol. The summed E-state index contributed by atoms with van der Waals surface area (Å²) in [7, 11) is 0. The highest BCUT2D eigenvalue weighted by Crippen LogP contribution is 2.40. The van der Waals surface area contributed by atoms with Gasteiger partial charge in [-0.1, -0.05) is 30.3 Å². The third-order valence-electron chi connectivity index (χ3n) is 3.48. The van der Waals surface area contributed by atoms with Gasteiger partial charge in [0, 0.05) is 17.5 Å². The molecule has 22 heavy (non-hydrogen) atoms. The Hall–Kier alpha value is -3.22. The fraction of sp³-hybridized carbons (Fsp3) is 0.0667. The third kappa shape index (κ3) is 2.18. The second-order valence-corrected chi connectivity index (χ2v) is 4.79. The van der Waals surface area contributed by atoms with Crippen molar-refractivity contribution in [3.05, 3.63) is 69.1 Å².